The zero-order valence-electron chi connectivity index (χ0n) is 12.6. The number of amides is 1. The summed E-state index contributed by atoms with van der Waals surface area (Å²) in [6.45, 7) is 3.82. The number of benzene rings is 2. The Balaban J connectivity index is 2.02. The summed E-state index contributed by atoms with van der Waals surface area (Å²) in [5.74, 6) is -0.505. The molecule has 0 aliphatic rings. The highest BCUT2D eigenvalue weighted by Crippen LogP contribution is 2.20. The molecule has 2 aromatic carbocycles. The number of carbonyl (C=O) groups is 1. The predicted molar refractivity (Wildman–Crippen MR) is 91.4 cm³/mol. The second-order valence-electron chi connectivity index (χ2n) is 5.40. The van der Waals surface area contributed by atoms with Crippen LogP contribution in [0.4, 0.5) is 5.69 Å². The molecule has 0 unspecified atom stereocenters. The van der Waals surface area contributed by atoms with Crippen molar-refractivity contribution >= 4 is 34.2 Å². The molecule has 0 saturated carbocycles. The van der Waals surface area contributed by atoms with Gasteiger partial charge < -0.3 is 9.73 Å². The topological polar surface area (TPSA) is 59.3 Å². The van der Waals surface area contributed by atoms with Gasteiger partial charge in [0.05, 0.1) is 0 Å². The average Bonchev–Trinajstić information content (AvgIpc) is 2.50. The van der Waals surface area contributed by atoms with Crippen LogP contribution in [0, 0.1) is 13.8 Å². The smallest absolute Gasteiger partial charge is 0.349 e. The summed E-state index contributed by atoms with van der Waals surface area (Å²) in [6, 6.07) is 12.1. The summed E-state index contributed by atoms with van der Waals surface area (Å²) in [4.78, 5) is 24.5. The molecule has 5 heteroatoms. The van der Waals surface area contributed by atoms with Crippen molar-refractivity contribution < 1.29 is 9.21 Å². The fourth-order valence-corrected chi connectivity index (χ4v) is 2.49. The van der Waals surface area contributed by atoms with Crippen molar-refractivity contribution in [2.45, 2.75) is 13.8 Å². The zero-order chi connectivity index (χ0) is 16.6. The number of carbonyl (C=O) groups excluding carboxylic acids is 1. The van der Waals surface area contributed by atoms with E-state index >= 15 is 0 Å². The van der Waals surface area contributed by atoms with Gasteiger partial charge in [0.25, 0.3) is 5.91 Å². The van der Waals surface area contributed by atoms with Crippen LogP contribution in [0.2, 0.25) is 5.02 Å². The maximum absolute atomic E-state index is 12.4. The van der Waals surface area contributed by atoms with E-state index in [2.05, 4.69) is 5.32 Å². The van der Waals surface area contributed by atoms with Gasteiger partial charge in [0.2, 0.25) is 0 Å². The fourth-order valence-electron chi connectivity index (χ4n) is 2.31. The number of aryl methyl sites for hydroxylation is 2. The van der Waals surface area contributed by atoms with Gasteiger partial charge in [0.15, 0.2) is 0 Å². The lowest BCUT2D eigenvalue weighted by Gasteiger charge is -2.09. The molecule has 0 saturated heterocycles. The third kappa shape index (κ3) is 3.12. The number of nitrogens with one attached hydrogen (secondary N) is 1. The van der Waals surface area contributed by atoms with Crippen molar-refractivity contribution in [3.63, 3.8) is 0 Å². The van der Waals surface area contributed by atoms with Crippen LogP contribution in [-0.2, 0) is 0 Å². The summed E-state index contributed by atoms with van der Waals surface area (Å²) in [6.07, 6.45) is 0. The van der Waals surface area contributed by atoms with E-state index in [1.807, 2.05) is 32.0 Å². The molecule has 1 amide bonds. The Morgan fingerprint density at radius 3 is 2.65 bits per heavy atom. The molecule has 0 atom stereocenters. The van der Waals surface area contributed by atoms with Crippen molar-refractivity contribution in [3.05, 3.63) is 74.6 Å². The Morgan fingerprint density at radius 2 is 1.87 bits per heavy atom. The summed E-state index contributed by atoms with van der Waals surface area (Å²) in [5, 5.41) is 3.86. The minimum absolute atomic E-state index is 0.0549. The third-order valence-corrected chi connectivity index (χ3v) is 3.82. The average molecular weight is 328 g/mol. The van der Waals surface area contributed by atoms with Gasteiger partial charge in [0.1, 0.15) is 11.1 Å². The zero-order valence-corrected chi connectivity index (χ0v) is 13.4. The first kappa shape index (κ1) is 15.3. The standard InChI is InChI=1S/C18H14ClNO3/c1-10-3-4-11(2)15(7-10)20-17(21)14-9-12-8-13(19)5-6-16(12)23-18(14)22/h3-9H,1-2H3,(H,20,21). The molecule has 1 N–H and O–H groups in total. The first-order valence-electron chi connectivity index (χ1n) is 7.06. The Morgan fingerprint density at radius 1 is 1.09 bits per heavy atom. The first-order valence-corrected chi connectivity index (χ1v) is 7.44. The Kier molecular flexibility index (Phi) is 3.92. The van der Waals surface area contributed by atoms with Crippen LogP contribution in [0.1, 0.15) is 21.5 Å². The minimum Gasteiger partial charge on any atom is -0.422 e. The van der Waals surface area contributed by atoms with Crippen molar-refractivity contribution in [2.24, 2.45) is 0 Å². The molecule has 23 heavy (non-hydrogen) atoms. The van der Waals surface area contributed by atoms with Gasteiger partial charge in [-0.25, -0.2) is 4.79 Å². The van der Waals surface area contributed by atoms with Crippen molar-refractivity contribution in [1.82, 2.24) is 0 Å². The molecule has 3 rings (SSSR count). The largest absolute Gasteiger partial charge is 0.422 e. The van der Waals surface area contributed by atoms with E-state index < -0.39 is 11.5 Å². The van der Waals surface area contributed by atoms with Crippen molar-refractivity contribution in [3.8, 4) is 0 Å². The molecule has 0 aliphatic heterocycles. The molecule has 1 aromatic heterocycles. The van der Waals surface area contributed by atoms with E-state index in [-0.39, 0.29) is 5.56 Å². The number of anilines is 1. The molecule has 116 valence electrons. The maximum Gasteiger partial charge on any atom is 0.349 e. The van der Waals surface area contributed by atoms with Crippen LogP contribution in [0.5, 0.6) is 0 Å². The predicted octanol–water partition coefficient (Wildman–Crippen LogP) is 4.32. The summed E-state index contributed by atoms with van der Waals surface area (Å²) in [7, 11) is 0. The van der Waals surface area contributed by atoms with Crippen LogP contribution in [0.25, 0.3) is 11.0 Å². The fraction of sp³-hybridized carbons (Fsp3) is 0.111. The second-order valence-corrected chi connectivity index (χ2v) is 5.84. The van der Waals surface area contributed by atoms with Gasteiger partial charge in [0, 0.05) is 16.1 Å². The van der Waals surface area contributed by atoms with Crippen LogP contribution in [-0.4, -0.2) is 5.91 Å². The van der Waals surface area contributed by atoms with E-state index in [0.717, 1.165) is 11.1 Å². The first-order chi connectivity index (χ1) is 10.9. The summed E-state index contributed by atoms with van der Waals surface area (Å²) >= 11 is 5.94. The van der Waals surface area contributed by atoms with Gasteiger partial charge in [-0.15, -0.1) is 0 Å². The molecule has 0 bridgehead atoms. The highest BCUT2D eigenvalue weighted by Gasteiger charge is 2.15. The monoisotopic (exact) mass is 327 g/mol. The SMILES string of the molecule is Cc1ccc(C)c(NC(=O)c2cc3cc(Cl)ccc3oc2=O)c1. The lowest BCUT2D eigenvalue weighted by Crippen LogP contribution is -2.21. The molecule has 1 heterocycles. The second kappa shape index (κ2) is 5.89. The number of fused-ring (bicyclic) bond motifs is 1. The number of hydrogen-bond acceptors (Lipinski definition) is 3. The molecule has 0 spiro atoms. The van der Waals surface area contributed by atoms with E-state index in [0.29, 0.717) is 21.7 Å². The van der Waals surface area contributed by atoms with Gasteiger partial charge in [-0.2, -0.15) is 0 Å². The van der Waals surface area contributed by atoms with Gasteiger partial charge >= 0.3 is 5.63 Å². The minimum atomic E-state index is -0.678. The normalized spacial score (nSPS) is 10.7. The Labute approximate surface area is 137 Å². The molecular formula is C18H14ClNO3. The molecule has 0 fully saturated rings. The maximum atomic E-state index is 12.4. The van der Waals surface area contributed by atoms with E-state index in [1.165, 1.54) is 6.07 Å². The van der Waals surface area contributed by atoms with Crippen molar-refractivity contribution in [1.29, 1.82) is 0 Å². The summed E-state index contributed by atoms with van der Waals surface area (Å²) < 4.78 is 5.19. The highest BCUT2D eigenvalue weighted by atomic mass is 35.5. The third-order valence-electron chi connectivity index (χ3n) is 3.58. The molecule has 3 aromatic rings. The lowest BCUT2D eigenvalue weighted by atomic mass is 10.1. The van der Waals surface area contributed by atoms with Crippen LogP contribution in [0.15, 0.2) is 51.7 Å². The molecule has 0 aliphatic carbocycles. The molecular weight excluding hydrogens is 314 g/mol. The summed E-state index contributed by atoms with van der Waals surface area (Å²) in [5.41, 5.74) is 2.26. The van der Waals surface area contributed by atoms with Crippen LogP contribution < -0.4 is 10.9 Å². The van der Waals surface area contributed by atoms with Gasteiger partial charge in [-0.3, -0.25) is 4.79 Å². The highest BCUT2D eigenvalue weighted by molar-refractivity contribution is 6.31. The van der Waals surface area contributed by atoms with Crippen LogP contribution >= 0.6 is 11.6 Å². The Hall–Kier alpha value is -2.59. The van der Waals surface area contributed by atoms with E-state index in [4.69, 9.17) is 16.0 Å². The lowest BCUT2D eigenvalue weighted by molar-refractivity contribution is 0.102. The van der Waals surface area contributed by atoms with Crippen molar-refractivity contribution in [2.75, 3.05) is 5.32 Å². The molecule has 4 nitrogen and oxygen atoms in total. The van der Waals surface area contributed by atoms with Crippen LogP contribution in [0.3, 0.4) is 0 Å². The number of hydrogen-bond donors (Lipinski definition) is 1. The van der Waals surface area contributed by atoms with E-state index in [1.54, 1.807) is 18.2 Å². The van der Waals surface area contributed by atoms with Gasteiger partial charge in [-0.05, 0) is 55.3 Å². The number of halogens is 1. The van der Waals surface area contributed by atoms with Gasteiger partial charge in [-0.1, -0.05) is 23.7 Å². The quantitative estimate of drug-likeness (QED) is 0.713. The van der Waals surface area contributed by atoms with E-state index in [9.17, 15) is 9.59 Å². The number of rotatable bonds is 2. The molecule has 0 radical (unpaired) electrons. The Bertz CT molecular complexity index is 976.